The first-order valence-electron chi connectivity index (χ1n) is 11.5. The second-order valence-corrected chi connectivity index (χ2v) is 9.91. The van der Waals surface area contributed by atoms with Gasteiger partial charge in [0.15, 0.2) is 11.0 Å². The molecule has 1 amide bonds. The van der Waals surface area contributed by atoms with Gasteiger partial charge in [0.1, 0.15) is 0 Å². The first-order chi connectivity index (χ1) is 18.2. The summed E-state index contributed by atoms with van der Waals surface area (Å²) in [5.41, 5.74) is 7.63. The number of benzene rings is 4. The van der Waals surface area contributed by atoms with Gasteiger partial charge in [0, 0.05) is 15.7 Å². The van der Waals surface area contributed by atoms with Crippen molar-refractivity contribution >= 4 is 39.8 Å². The molecule has 0 saturated heterocycles. The average Bonchev–Trinajstić information content (AvgIpc) is 3.38. The van der Waals surface area contributed by atoms with Crippen LogP contribution in [0.15, 0.2) is 124 Å². The topological polar surface area (TPSA) is 72.2 Å². The van der Waals surface area contributed by atoms with Crippen molar-refractivity contribution in [1.82, 2.24) is 20.2 Å². The molecule has 4 aromatic carbocycles. The molecule has 0 saturated carbocycles. The Bertz CT molecular complexity index is 1500. The minimum absolute atomic E-state index is 0.147. The summed E-state index contributed by atoms with van der Waals surface area (Å²) in [6.45, 7) is 0. The van der Waals surface area contributed by atoms with Crippen molar-refractivity contribution in [1.29, 1.82) is 0 Å². The molecule has 1 heterocycles. The van der Waals surface area contributed by atoms with Crippen LogP contribution < -0.4 is 5.43 Å². The molecule has 1 aromatic heterocycles. The molecule has 0 spiro atoms. The molecule has 1 N–H and O–H groups in total. The molecule has 0 fully saturated rings. The Morgan fingerprint density at radius 3 is 2.11 bits per heavy atom. The molecule has 182 valence electrons. The fourth-order valence-corrected chi connectivity index (χ4v) is 4.70. The van der Waals surface area contributed by atoms with Gasteiger partial charge in [-0.15, -0.1) is 10.2 Å². The molecule has 6 nitrogen and oxygen atoms in total. The van der Waals surface area contributed by atoms with E-state index in [4.69, 9.17) is 0 Å². The zero-order chi connectivity index (χ0) is 25.5. The summed E-state index contributed by atoms with van der Waals surface area (Å²) in [7, 11) is 0. The lowest BCUT2D eigenvalue weighted by Crippen LogP contribution is -2.20. The van der Waals surface area contributed by atoms with Gasteiger partial charge in [-0.2, -0.15) is 5.10 Å². The minimum Gasteiger partial charge on any atom is -0.272 e. The van der Waals surface area contributed by atoms with Crippen LogP contribution in [0.5, 0.6) is 0 Å². The summed E-state index contributed by atoms with van der Waals surface area (Å²) >= 11 is 4.79. The first kappa shape index (κ1) is 24.7. The zero-order valence-electron chi connectivity index (χ0n) is 19.7. The van der Waals surface area contributed by atoms with Crippen molar-refractivity contribution in [3.63, 3.8) is 0 Å². The van der Waals surface area contributed by atoms with Gasteiger partial charge in [0.05, 0.1) is 12.0 Å². The fourth-order valence-electron chi connectivity index (χ4n) is 3.69. The Labute approximate surface area is 227 Å². The summed E-state index contributed by atoms with van der Waals surface area (Å²) in [5.74, 6) is 0.630. The Balaban J connectivity index is 1.24. The second-order valence-electron chi connectivity index (χ2n) is 8.05. The van der Waals surface area contributed by atoms with Crippen molar-refractivity contribution in [2.45, 2.75) is 5.16 Å². The molecule has 0 aliphatic carbocycles. The van der Waals surface area contributed by atoms with Crippen LogP contribution in [-0.4, -0.2) is 32.6 Å². The van der Waals surface area contributed by atoms with Gasteiger partial charge < -0.3 is 0 Å². The number of amides is 1. The van der Waals surface area contributed by atoms with Crippen molar-refractivity contribution in [3.05, 3.63) is 119 Å². The molecule has 5 aromatic rings. The van der Waals surface area contributed by atoms with Crippen LogP contribution in [0.2, 0.25) is 0 Å². The third-order valence-electron chi connectivity index (χ3n) is 5.50. The van der Waals surface area contributed by atoms with Crippen molar-refractivity contribution < 1.29 is 4.79 Å². The zero-order valence-corrected chi connectivity index (χ0v) is 22.1. The molecule has 0 aliphatic heterocycles. The normalized spacial score (nSPS) is 11.1. The van der Waals surface area contributed by atoms with E-state index < -0.39 is 0 Å². The van der Waals surface area contributed by atoms with Gasteiger partial charge in [0.2, 0.25) is 0 Å². The number of rotatable bonds is 8. The number of halogens is 1. The van der Waals surface area contributed by atoms with E-state index in [1.165, 1.54) is 11.8 Å². The molecule has 0 aliphatic rings. The van der Waals surface area contributed by atoms with E-state index in [2.05, 4.69) is 48.8 Å². The Morgan fingerprint density at radius 2 is 1.43 bits per heavy atom. The van der Waals surface area contributed by atoms with E-state index in [1.807, 2.05) is 102 Å². The summed E-state index contributed by atoms with van der Waals surface area (Å²) in [6, 6.07) is 35.9. The maximum atomic E-state index is 12.5. The van der Waals surface area contributed by atoms with Gasteiger partial charge in [0.25, 0.3) is 5.91 Å². The maximum absolute atomic E-state index is 12.5. The molecular formula is C29H22BrN5OS. The van der Waals surface area contributed by atoms with Crippen LogP contribution in [0.4, 0.5) is 0 Å². The predicted molar refractivity (Wildman–Crippen MR) is 153 cm³/mol. The summed E-state index contributed by atoms with van der Waals surface area (Å²) in [5, 5.41) is 13.5. The number of carbonyl (C=O) groups is 1. The lowest BCUT2D eigenvalue weighted by Gasteiger charge is -2.10. The SMILES string of the molecule is O=C(CSc1nnc(-c2ccccc2)n1-c1ccc(Br)cc1)N/N=C/c1ccc(-c2ccccc2)cc1. The largest absolute Gasteiger partial charge is 0.272 e. The highest BCUT2D eigenvalue weighted by atomic mass is 79.9. The monoisotopic (exact) mass is 567 g/mol. The number of nitrogens with one attached hydrogen (secondary N) is 1. The van der Waals surface area contributed by atoms with Crippen molar-refractivity contribution in [3.8, 4) is 28.2 Å². The van der Waals surface area contributed by atoms with Crippen LogP contribution >= 0.6 is 27.7 Å². The first-order valence-corrected chi connectivity index (χ1v) is 13.3. The predicted octanol–water partition coefficient (Wildman–Crippen LogP) is 6.61. The number of thioether (sulfide) groups is 1. The third-order valence-corrected chi connectivity index (χ3v) is 6.96. The number of hydrogen-bond donors (Lipinski definition) is 1. The van der Waals surface area contributed by atoms with E-state index in [1.54, 1.807) is 6.21 Å². The van der Waals surface area contributed by atoms with Gasteiger partial charge in [-0.25, -0.2) is 5.43 Å². The smallest absolute Gasteiger partial charge is 0.250 e. The van der Waals surface area contributed by atoms with E-state index in [9.17, 15) is 4.79 Å². The van der Waals surface area contributed by atoms with Crippen LogP contribution in [0.25, 0.3) is 28.2 Å². The number of hydrogen-bond acceptors (Lipinski definition) is 5. The number of aromatic nitrogens is 3. The minimum atomic E-state index is -0.228. The van der Waals surface area contributed by atoms with Crippen LogP contribution in [0, 0.1) is 0 Å². The maximum Gasteiger partial charge on any atom is 0.250 e. The van der Waals surface area contributed by atoms with Crippen molar-refractivity contribution in [2.75, 3.05) is 5.75 Å². The summed E-state index contributed by atoms with van der Waals surface area (Å²) in [6.07, 6.45) is 1.63. The highest BCUT2D eigenvalue weighted by Gasteiger charge is 2.17. The van der Waals surface area contributed by atoms with Gasteiger partial charge in [-0.1, -0.05) is 113 Å². The molecule has 0 atom stereocenters. The highest BCUT2D eigenvalue weighted by Crippen LogP contribution is 2.28. The van der Waals surface area contributed by atoms with Crippen LogP contribution in [0.1, 0.15) is 5.56 Å². The Hall–Kier alpha value is -4.01. The fraction of sp³-hybridized carbons (Fsp3) is 0.0345. The number of nitrogens with zero attached hydrogens (tertiary/aromatic N) is 4. The van der Waals surface area contributed by atoms with Gasteiger partial charge >= 0.3 is 0 Å². The van der Waals surface area contributed by atoms with Crippen LogP contribution in [-0.2, 0) is 4.79 Å². The van der Waals surface area contributed by atoms with Gasteiger partial charge in [-0.3, -0.25) is 9.36 Å². The molecule has 37 heavy (non-hydrogen) atoms. The van der Waals surface area contributed by atoms with Crippen molar-refractivity contribution in [2.24, 2.45) is 5.10 Å². The number of hydrazone groups is 1. The second kappa shape index (κ2) is 11.8. The van der Waals surface area contributed by atoms with E-state index in [0.717, 1.165) is 32.4 Å². The molecule has 5 rings (SSSR count). The van der Waals surface area contributed by atoms with E-state index >= 15 is 0 Å². The molecule has 8 heteroatoms. The Morgan fingerprint density at radius 1 is 0.811 bits per heavy atom. The Kier molecular flexibility index (Phi) is 7.88. The molecule has 0 unspecified atom stereocenters. The lowest BCUT2D eigenvalue weighted by molar-refractivity contribution is -0.118. The highest BCUT2D eigenvalue weighted by molar-refractivity contribution is 9.10. The van der Waals surface area contributed by atoms with E-state index in [0.29, 0.717) is 11.0 Å². The molecular weight excluding hydrogens is 546 g/mol. The standard InChI is InChI=1S/C29H22BrN5OS/c30-25-15-17-26(18-16-25)35-28(24-9-5-2-6-10-24)33-34-29(35)37-20-27(36)32-31-19-21-11-13-23(14-12-21)22-7-3-1-4-8-22/h1-19H,20H2,(H,32,36)/b31-19+. The lowest BCUT2D eigenvalue weighted by atomic mass is 10.0. The summed E-state index contributed by atoms with van der Waals surface area (Å²) < 4.78 is 2.93. The van der Waals surface area contributed by atoms with Crippen LogP contribution in [0.3, 0.4) is 0 Å². The van der Waals surface area contributed by atoms with E-state index in [-0.39, 0.29) is 11.7 Å². The van der Waals surface area contributed by atoms with Gasteiger partial charge in [-0.05, 0) is 41.0 Å². The third kappa shape index (κ3) is 6.22. The molecule has 0 radical (unpaired) electrons. The quantitative estimate of drug-likeness (QED) is 0.130. The number of carbonyl (C=O) groups excluding carboxylic acids is 1. The summed E-state index contributed by atoms with van der Waals surface area (Å²) in [4.78, 5) is 12.5. The average molecular weight is 569 g/mol. The molecule has 0 bridgehead atoms.